The first-order valence-corrected chi connectivity index (χ1v) is 11.9. The average Bonchev–Trinajstić information content (AvgIpc) is 3.44. The Morgan fingerprint density at radius 3 is 2.84 bits per heavy atom. The Kier molecular flexibility index (Phi) is 5.33. The van der Waals surface area contributed by atoms with Gasteiger partial charge in [0.2, 0.25) is 0 Å². The number of rotatable bonds is 5. The number of likely N-dealkylation sites (N-methyl/N-ethyl adjacent to an activating group) is 1. The number of carbonyl (C=O) groups excluding carboxylic acids is 1. The molecule has 0 atom stereocenters. The molecule has 0 bridgehead atoms. The summed E-state index contributed by atoms with van der Waals surface area (Å²) in [5.41, 5.74) is 2.93. The Labute approximate surface area is 187 Å². The summed E-state index contributed by atoms with van der Waals surface area (Å²) in [4.78, 5) is 22.7. The molecule has 9 heteroatoms. The molecule has 1 aliphatic heterocycles. The van der Waals surface area contributed by atoms with Crippen molar-refractivity contribution in [3.8, 4) is 0 Å². The first-order valence-electron chi connectivity index (χ1n) is 10.2. The number of amides is 1. The summed E-state index contributed by atoms with van der Waals surface area (Å²) >= 11 is 2.98. The predicted molar refractivity (Wildman–Crippen MR) is 123 cm³/mol. The maximum atomic E-state index is 13.2. The van der Waals surface area contributed by atoms with E-state index in [4.69, 9.17) is 0 Å². The minimum atomic E-state index is -0.258. The van der Waals surface area contributed by atoms with Crippen LogP contribution in [-0.4, -0.2) is 38.7 Å². The van der Waals surface area contributed by atoms with Gasteiger partial charge in [0, 0.05) is 29.8 Å². The molecule has 3 aromatic heterocycles. The number of fused-ring (bicyclic) bond motifs is 2. The second kappa shape index (κ2) is 8.14. The molecule has 1 amide bonds. The largest absolute Gasteiger partial charge is 0.298 e. The van der Waals surface area contributed by atoms with Crippen LogP contribution in [0.4, 0.5) is 9.52 Å². The molecule has 0 unspecified atom stereocenters. The molecular formula is C22H22FN5OS2. The van der Waals surface area contributed by atoms with Gasteiger partial charge in [-0.3, -0.25) is 19.7 Å². The van der Waals surface area contributed by atoms with E-state index in [1.807, 2.05) is 17.7 Å². The van der Waals surface area contributed by atoms with Crippen molar-refractivity contribution in [2.75, 3.05) is 18.4 Å². The molecule has 4 aromatic rings. The van der Waals surface area contributed by atoms with Crippen LogP contribution in [0.25, 0.3) is 10.2 Å². The number of nitrogens with zero attached hydrogens (tertiary/aromatic N) is 4. The van der Waals surface area contributed by atoms with Crippen molar-refractivity contribution >= 4 is 43.9 Å². The van der Waals surface area contributed by atoms with Gasteiger partial charge in [0.15, 0.2) is 5.13 Å². The van der Waals surface area contributed by atoms with E-state index >= 15 is 0 Å². The van der Waals surface area contributed by atoms with Gasteiger partial charge in [0.05, 0.1) is 22.8 Å². The highest BCUT2D eigenvalue weighted by Crippen LogP contribution is 2.31. The van der Waals surface area contributed by atoms with E-state index in [9.17, 15) is 9.18 Å². The normalized spacial score (nSPS) is 14.2. The molecule has 1 aromatic carbocycles. The lowest BCUT2D eigenvalue weighted by atomic mass is 10.2. The second-order valence-electron chi connectivity index (χ2n) is 7.66. The van der Waals surface area contributed by atoms with Gasteiger partial charge < -0.3 is 0 Å². The highest BCUT2D eigenvalue weighted by molar-refractivity contribution is 7.20. The third-order valence-electron chi connectivity index (χ3n) is 5.55. The van der Waals surface area contributed by atoms with Crippen molar-refractivity contribution in [3.63, 3.8) is 0 Å². The summed E-state index contributed by atoms with van der Waals surface area (Å²) < 4.78 is 15.1. The minimum Gasteiger partial charge on any atom is -0.298 e. The van der Waals surface area contributed by atoms with Crippen molar-refractivity contribution in [1.29, 1.82) is 0 Å². The molecule has 0 saturated carbocycles. The summed E-state index contributed by atoms with van der Waals surface area (Å²) in [5, 5.41) is 9.21. The zero-order valence-electron chi connectivity index (χ0n) is 17.3. The molecule has 1 N–H and O–H groups in total. The summed E-state index contributed by atoms with van der Waals surface area (Å²) in [6, 6.07) is 8.30. The molecular weight excluding hydrogens is 433 g/mol. The van der Waals surface area contributed by atoms with Crippen molar-refractivity contribution in [1.82, 2.24) is 19.7 Å². The topological polar surface area (TPSA) is 63.1 Å². The van der Waals surface area contributed by atoms with E-state index in [-0.39, 0.29) is 11.7 Å². The highest BCUT2D eigenvalue weighted by atomic mass is 32.1. The monoisotopic (exact) mass is 455 g/mol. The Balaban J connectivity index is 1.36. The predicted octanol–water partition coefficient (Wildman–Crippen LogP) is 4.68. The van der Waals surface area contributed by atoms with Gasteiger partial charge in [-0.2, -0.15) is 5.10 Å². The summed E-state index contributed by atoms with van der Waals surface area (Å²) in [7, 11) is 0. The minimum absolute atomic E-state index is 0.146. The fourth-order valence-electron chi connectivity index (χ4n) is 3.82. The maximum absolute atomic E-state index is 13.2. The fraction of sp³-hybridized carbons (Fsp3) is 0.318. The number of thiophene rings is 1. The highest BCUT2D eigenvalue weighted by Gasteiger charge is 2.22. The molecule has 160 valence electrons. The van der Waals surface area contributed by atoms with E-state index < -0.39 is 0 Å². The number of halogens is 1. The number of hydrogen-bond donors (Lipinski definition) is 1. The third-order valence-corrected chi connectivity index (χ3v) is 7.70. The lowest BCUT2D eigenvalue weighted by Crippen LogP contribution is -2.29. The zero-order chi connectivity index (χ0) is 21.5. The van der Waals surface area contributed by atoms with E-state index in [1.54, 1.807) is 23.5 Å². The summed E-state index contributed by atoms with van der Waals surface area (Å²) in [6.07, 6.45) is 0.927. The Bertz CT molecular complexity index is 1260. The summed E-state index contributed by atoms with van der Waals surface area (Å²) in [5.74, 6) is -0.403. The van der Waals surface area contributed by atoms with Gasteiger partial charge in [-0.05, 0) is 37.2 Å². The lowest BCUT2D eigenvalue weighted by molar-refractivity contribution is 0.103. The number of benzene rings is 1. The van der Waals surface area contributed by atoms with Crippen molar-refractivity contribution in [3.05, 3.63) is 62.9 Å². The average molecular weight is 456 g/mol. The molecule has 0 saturated heterocycles. The standard InChI is InChI=1S/C22H22FN5OS2/c1-3-27-9-8-17-19(12-27)31-22(24-17)25-20(29)18-10-16-13(2)26-28(21(16)30-18)11-14-4-6-15(23)7-5-14/h4-7,10H,3,8-9,11-12H2,1-2H3,(H,24,25,29). The number of anilines is 1. The molecule has 0 aliphatic carbocycles. The van der Waals surface area contributed by atoms with Crippen LogP contribution in [0.3, 0.4) is 0 Å². The molecule has 0 radical (unpaired) electrons. The van der Waals surface area contributed by atoms with Gasteiger partial charge in [-0.15, -0.1) is 22.7 Å². The molecule has 0 fully saturated rings. The van der Waals surface area contributed by atoms with Crippen LogP contribution in [0.5, 0.6) is 0 Å². The lowest BCUT2D eigenvalue weighted by Gasteiger charge is -2.23. The van der Waals surface area contributed by atoms with Crippen LogP contribution in [-0.2, 0) is 19.5 Å². The number of hydrogen-bond acceptors (Lipinski definition) is 6. The van der Waals surface area contributed by atoms with Gasteiger partial charge in [0.25, 0.3) is 5.91 Å². The SMILES string of the molecule is CCN1CCc2nc(NC(=O)c3cc4c(C)nn(Cc5ccc(F)cc5)c4s3)sc2C1. The van der Waals surface area contributed by atoms with E-state index in [1.165, 1.54) is 28.3 Å². The fourth-order valence-corrected chi connectivity index (χ4v) is 5.93. The molecule has 0 spiro atoms. The van der Waals surface area contributed by atoms with Crippen LogP contribution in [0.15, 0.2) is 30.3 Å². The van der Waals surface area contributed by atoms with Crippen LogP contribution >= 0.6 is 22.7 Å². The van der Waals surface area contributed by atoms with Crippen LogP contribution in [0.1, 0.15) is 38.4 Å². The number of thiazole rings is 1. The van der Waals surface area contributed by atoms with Crippen LogP contribution < -0.4 is 5.32 Å². The summed E-state index contributed by atoms with van der Waals surface area (Å²) in [6.45, 7) is 7.57. The quantitative estimate of drug-likeness (QED) is 0.475. The first kappa shape index (κ1) is 20.3. The molecule has 1 aliphatic rings. The number of aromatic nitrogens is 3. The van der Waals surface area contributed by atoms with Gasteiger partial charge in [-0.1, -0.05) is 19.1 Å². The number of aryl methyl sites for hydroxylation is 1. The van der Waals surface area contributed by atoms with Gasteiger partial charge >= 0.3 is 0 Å². The molecule has 5 rings (SSSR count). The Hall–Kier alpha value is -2.62. The molecule has 31 heavy (non-hydrogen) atoms. The third kappa shape index (κ3) is 4.00. The van der Waals surface area contributed by atoms with Gasteiger partial charge in [0.1, 0.15) is 10.6 Å². The van der Waals surface area contributed by atoms with Crippen molar-refractivity contribution < 1.29 is 9.18 Å². The first-order chi connectivity index (χ1) is 15.0. The van der Waals surface area contributed by atoms with Crippen LogP contribution in [0, 0.1) is 12.7 Å². The van der Waals surface area contributed by atoms with Crippen molar-refractivity contribution in [2.24, 2.45) is 0 Å². The second-order valence-corrected chi connectivity index (χ2v) is 9.78. The van der Waals surface area contributed by atoms with E-state index in [0.717, 1.165) is 53.2 Å². The van der Waals surface area contributed by atoms with E-state index in [2.05, 4.69) is 27.2 Å². The number of nitrogens with one attached hydrogen (secondary N) is 1. The maximum Gasteiger partial charge on any atom is 0.267 e. The van der Waals surface area contributed by atoms with Crippen molar-refractivity contribution in [2.45, 2.75) is 33.4 Å². The Morgan fingerprint density at radius 1 is 1.26 bits per heavy atom. The number of carbonyl (C=O) groups is 1. The Morgan fingerprint density at radius 2 is 2.06 bits per heavy atom. The van der Waals surface area contributed by atoms with E-state index in [0.29, 0.717) is 16.6 Å². The van der Waals surface area contributed by atoms with Crippen LogP contribution in [0.2, 0.25) is 0 Å². The molecule has 4 heterocycles. The zero-order valence-corrected chi connectivity index (χ0v) is 18.9. The molecule has 6 nitrogen and oxygen atoms in total. The smallest absolute Gasteiger partial charge is 0.267 e. The van der Waals surface area contributed by atoms with Gasteiger partial charge in [-0.25, -0.2) is 9.37 Å².